The van der Waals surface area contributed by atoms with Gasteiger partial charge in [0, 0.05) is 18.2 Å². The lowest BCUT2D eigenvalue weighted by Gasteiger charge is -2.32. The minimum absolute atomic E-state index is 0.0339. The van der Waals surface area contributed by atoms with Crippen molar-refractivity contribution in [2.75, 3.05) is 18.5 Å². The molecular weight excluding hydrogens is 318 g/mol. The van der Waals surface area contributed by atoms with E-state index in [0.717, 1.165) is 57.4 Å². The second-order valence-corrected chi connectivity index (χ2v) is 7.02. The Morgan fingerprint density at radius 2 is 2.16 bits per heavy atom. The lowest BCUT2D eigenvalue weighted by Crippen LogP contribution is -2.43. The third-order valence-corrected chi connectivity index (χ3v) is 5.46. The Balaban J connectivity index is 1.56. The molecule has 132 valence electrons. The first-order chi connectivity index (χ1) is 12.3. The van der Waals surface area contributed by atoms with E-state index in [4.69, 9.17) is 4.74 Å². The Kier molecular flexibility index (Phi) is 4.48. The predicted octanol–water partition coefficient (Wildman–Crippen LogP) is 2.54. The van der Waals surface area contributed by atoms with Gasteiger partial charge in [0.05, 0.1) is 6.61 Å². The Hall–Kier alpha value is -2.28. The highest BCUT2D eigenvalue weighted by atomic mass is 16.5. The van der Waals surface area contributed by atoms with Crippen molar-refractivity contribution < 1.29 is 9.53 Å². The van der Waals surface area contributed by atoms with E-state index in [9.17, 15) is 4.79 Å². The molecule has 4 rings (SSSR count). The van der Waals surface area contributed by atoms with E-state index in [0.29, 0.717) is 11.7 Å². The van der Waals surface area contributed by atoms with Crippen LogP contribution >= 0.6 is 0 Å². The number of carbonyl (C=O) groups excluding carboxylic acids is 1. The summed E-state index contributed by atoms with van der Waals surface area (Å²) in [7, 11) is 0. The Morgan fingerprint density at radius 1 is 1.28 bits per heavy atom. The van der Waals surface area contributed by atoms with E-state index in [1.807, 2.05) is 12.1 Å². The maximum absolute atomic E-state index is 13.2. The van der Waals surface area contributed by atoms with Crippen LogP contribution in [0.15, 0.2) is 24.3 Å². The summed E-state index contributed by atoms with van der Waals surface area (Å²) in [6.07, 6.45) is 5.69. The number of anilines is 1. The van der Waals surface area contributed by atoms with E-state index in [1.54, 1.807) is 0 Å². The van der Waals surface area contributed by atoms with Crippen molar-refractivity contribution in [1.29, 1.82) is 0 Å². The SMILES string of the molecule is O=C(Nc1cccc(C2CCOC2)c1)C1(c2nn[nH]n2)CCCCC1. The molecule has 2 aliphatic rings. The summed E-state index contributed by atoms with van der Waals surface area (Å²) in [6.45, 7) is 1.56. The average Bonchev–Trinajstić information content (AvgIpc) is 3.36. The van der Waals surface area contributed by atoms with Gasteiger partial charge in [0.15, 0.2) is 5.82 Å². The molecule has 1 atom stereocenters. The summed E-state index contributed by atoms with van der Waals surface area (Å²) >= 11 is 0. The molecule has 2 N–H and O–H groups in total. The maximum atomic E-state index is 13.2. The Labute approximate surface area is 146 Å². The number of nitrogens with zero attached hydrogens (tertiary/aromatic N) is 3. The zero-order chi connectivity index (χ0) is 17.1. The molecule has 1 saturated carbocycles. The van der Waals surface area contributed by atoms with Crippen LogP contribution in [-0.4, -0.2) is 39.7 Å². The van der Waals surface area contributed by atoms with Crippen LogP contribution in [0, 0.1) is 0 Å². The van der Waals surface area contributed by atoms with Gasteiger partial charge >= 0.3 is 0 Å². The highest BCUT2D eigenvalue weighted by Crippen LogP contribution is 2.38. The maximum Gasteiger partial charge on any atom is 0.238 e. The zero-order valence-corrected chi connectivity index (χ0v) is 14.2. The summed E-state index contributed by atoms with van der Waals surface area (Å²) < 4.78 is 5.48. The molecule has 1 amide bonds. The molecule has 7 nitrogen and oxygen atoms in total. The molecule has 7 heteroatoms. The molecule has 0 bridgehead atoms. The molecule has 1 saturated heterocycles. The molecule has 1 aliphatic heterocycles. The molecule has 25 heavy (non-hydrogen) atoms. The molecule has 1 aromatic heterocycles. The van der Waals surface area contributed by atoms with Gasteiger partial charge in [-0.2, -0.15) is 5.21 Å². The smallest absolute Gasteiger partial charge is 0.238 e. The van der Waals surface area contributed by atoms with Gasteiger partial charge in [-0.05, 0) is 37.0 Å². The van der Waals surface area contributed by atoms with E-state index in [1.165, 1.54) is 5.56 Å². The number of carbonyl (C=O) groups is 1. The number of ether oxygens (including phenoxy) is 1. The Morgan fingerprint density at radius 3 is 2.88 bits per heavy atom. The first kappa shape index (κ1) is 16.2. The van der Waals surface area contributed by atoms with Crippen LogP contribution in [-0.2, 0) is 14.9 Å². The highest BCUT2D eigenvalue weighted by molar-refractivity contribution is 5.98. The minimum Gasteiger partial charge on any atom is -0.381 e. The quantitative estimate of drug-likeness (QED) is 0.891. The molecule has 0 radical (unpaired) electrons. The number of amides is 1. The fourth-order valence-corrected chi connectivity index (χ4v) is 3.99. The standard InChI is InChI=1S/C18H23N5O2/c24-17(18(8-2-1-3-9-18)16-20-22-23-21-16)19-15-6-4-5-13(11-15)14-7-10-25-12-14/h4-6,11,14H,1-3,7-10,12H2,(H,19,24)(H,20,21,22,23). The second-order valence-electron chi connectivity index (χ2n) is 7.02. The first-order valence-electron chi connectivity index (χ1n) is 9.01. The largest absolute Gasteiger partial charge is 0.381 e. The van der Waals surface area contributed by atoms with E-state index in [2.05, 4.69) is 38.1 Å². The number of rotatable bonds is 4. The lowest BCUT2D eigenvalue weighted by atomic mass is 9.72. The zero-order valence-electron chi connectivity index (χ0n) is 14.2. The third-order valence-electron chi connectivity index (χ3n) is 5.46. The van der Waals surface area contributed by atoms with Crippen LogP contribution in [0.3, 0.4) is 0 Å². The van der Waals surface area contributed by atoms with Crippen molar-refractivity contribution in [1.82, 2.24) is 20.6 Å². The number of aromatic nitrogens is 4. The molecule has 2 fully saturated rings. The van der Waals surface area contributed by atoms with Crippen LogP contribution in [0.2, 0.25) is 0 Å². The third kappa shape index (κ3) is 3.16. The molecule has 1 aromatic carbocycles. The fraction of sp³-hybridized carbons (Fsp3) is 0.556. The number of hydrogen-bond acceptors (Lipinski definition) is 5. The molecular formula is C18H23N5O2. The van der Waals surface area contributed by atoms with Gasteiger partial charge in [-0.1, -0.05) is 36.6 Å². The van der Waals surface area contributed by atoms with Crippen molar-refractivity contribution in [3.05, 3.63) is 35.7 Å². The van der Waals surface area contributed by atoms with Gasteiger partial charge in [0.25, 0.3) is 0 Å². The van der Waals surface area contributed by atoms with Crippen molar-refractivity contribution in [3.63, 3.8) is 0 Å². The summed E-state index contributed by atoms with van der Waals surface area (Å²) in [5, 5.41) is 17.5. The van der Waals surface area contributed by atoms with E-state index >= 15 is 0 Å². The average molecular weight is 341 g/mol. The lowest BCUT2D eigenvalue weighted by molar-refractivity contribution is -0.123. The van der Waals surface area contributed by atoms with Gasteiger partial charge in [0.2, 0.25) is 5.91 Å². The van der Waals surface area contributed by atoms with Crippen LogP contribution in [0.4, 0.5) is 5.69 Å². The van der Waals surface area contributed by atoms with Gasteiger partial charge in [-0.3, -0.25) is 4.79 Å². The molecule has 2 aromatic rings. The van der Waals surface area contributed by atoms with Crippen molar-refractivity contribution >= 4 is 11.6 Å². The normalized spacial score (nSPS) is 22.6. The number of benzene rings is 1. The van der Waals surface area contributed by atoms with E-state index in [-0.39, 0.29) is 5.91 Å². The number of H-pyrrole nitrogens is 1. The monoisotopic (exact) mass is 341 g/mol. The fourth-order valence-electron chi connectivity index (χ4n) is 3.99. The molecule has 1 unspecified atom stereocenters. The van der Waals surface area contributed by atoms with Crippen LogP contribution in [0.5, 0.6) is 0 Å². The summed E-state index contributed by atoms with van der Waals surface area (Å²) in [5.41, 5.74) is 1.35. The van der Waals surface area contributed by atoms with Gasteiger partial charge < -0.3 is 10.1 Å². The molecule has 2 heterocycles. The summed E-state index contributed by atoms with van der Waals surface area (Å²) in [4.78, 5) is 13.2. The number of hydrogen-bond donors (Lipinski definition) is 2. The van der Waals surface area contributed by atoms with Crippen molar-refractivity contribution in [3.8, 4) is 0 Å². The highest BCUT2D eigenvalue weighted by Gasteiger charge is 2.44. The first-order valence-corrected chi connectivity index (χ1v) is 9.01. The van der Waals surface area contributed by atoms with Crippen LogP contribution in [0.25, 0.3) is 0 Å². The van der Waals surface area contributed by atoms with Crippen LogP contribution < -0.4 is 5.32 Å². The summed E-state index contributed by atoms with van der Waals surface area (Å²) in [5.74, 6) is 0.885. The Bertz CT molecular complexity index is 719. The van der Waals surface area contributed by atoms with Gasteiger partial charge in [0.1, 0.15) is 5.41 Å². The minimum atomic E-state index is -0.683. The van der Waals surface area contributed by atoms with Gasteiger partial charge in [-0.15, -0.1) is 10.2 Å². The van der Waals surface area contributed by atoms with Gasteiger partial charge in [-0.25, -0.2) is 0 Å². The molecule has 0 spiro atoms. The number of aromatic amines is 1. The van der Waals surface area contributed by atoms with Crippen LogP contribution in [0.1, 0.15) is 55.8 Å². The second kappa shape index (κ2) is 6.92. The van der Waals surface area contributed by atoms with Crippen molar-refractivity contribution in [2.45, 2.75) is 49.9 Å². The number of tetrazole rings is 1. The van der Waals surface area contributed by atoms with E-state index < -0.39 is 5.41 Å². The molecule has 1 aliphatic carbocycles. The summed E-state index contributed by atoms with van der Waals surface area (Å²) in [6, 6.07) is 8.09. The van der Waals surface area contributed by atoms with Crippen molar-refractivity contribution in [2.24, 2.45) is 0 Å². The topological polar surface area (TPSA) is 92.8 Å². The number of nitrogens with one attached hydrogen (secondary N) is 2. The predicted molar refractivity (Wildman–Crippen MR) is 92.2 cm³/mol.